The fourth-order valence-corrected chi connectivity index (χ4v) is 5.73. The maximum Gasteiger partial charge on any atom is 0.407 e. The van der Waals surface area contributed by atoms with Crippen LogP contribution < -0.4 is 20.7 Å². The van der Waals surface area contributed by atoms with Crippen LogP contribution in [0.3, 0.4) is 0 Å². The zero-order chi connectivity index (χ0) is 30.2. The predicted molar refractivity (Wildman–Crippen MR) is 154 cm³/mol. The van der Waals surface area contributed by atoms with Gasteiger partial charge in [-0.1, -0.05) is 0 Å². The monoisotopic (exact) mass is 580 g/mol. The molecule has 2 fully saturated rings. The molecule has 2 amide bonds. The molecule has 1 aromatic carbocycles. The Morgan fingerprint density at radius 2 is 1.86 bits per heavy atom. The zero-order valence-corrected chi connectivity index (χ0v) is 24.1. The van der Waals surface area contributed by atoms with Gasteiger partial charge < -0.3 is 30.3 Å². The number of piperidine rings is 2. The van der Waals surface area contributed by atoms with Gasteiger partial charge in [-0.25, -0.2) is 9.78 Å². The molecule has 1 aromatic heterocycles. The average Bonchev–Trinajstić information content (AvgIpc) is 2.92. The fourth-order valence-electron chi connectivity index (χ4n) is 5.73. The number of pyridine rings is 1. The molecule has 2 saturated heterocycles. The molecule has 224 valence electrons. The van der Waals surface area contributed by atoms with Crippen LogP contribution in [0.2, 0.25) is 0 Å². The van der Waals surface area contributed by atoms with Gasteiger partial charge in [-0.15, -0.1) is 0 Å². The number of nitrogen functional groups attached to an aromatic ring is 1. The number of benzene rings is 1. The van der Waals surface area contributed by atoms with Crippen molar-refractivity contribution < 1.29 is 28.8 Å². The van der Waals surface area contributed by atoms with E-state index in [1.54, 1.807) is 43.9 Å². The molecule has 0 unspecified atom stereocenters. The van der Waals surface area contributed by atoms with Gasteiger partial charge in [-0.05, 0) is 51.8 Å². The Balaban J connectivity index is 1.25. The van der Waals surface area contributed by atoms with Gasteiger partial charge in [0, 0.05) is 56.8 Å². The molecule has 0 atom stereocenters. The number of alkyl carbamates (subject to hydrolysis) is 1. The summed E-state index contributed by atoms with van der Waals surface area (Å²) in [6.07, 6.45) is 2.93. The van der Waals surface area contributed by atoms with E-state index in [-0.39, 0.29) is 42.6 Å². The summed E-state index contributed by atoms with van der Waals surface area (Å²) >= 11 is 0. The molecule has 4 heterocycles. The second-order valence-electron chi connectivity index (χ2n) is 12.2. The molecule has 3 aliphatic heterocycles. The summed E-state index contributed by atoms with van der Waals surface area (Å²) in [5.74, 6) is 0.435. The van der Waals surface area contributed by atoms with Crippen LogP contribution in [0, 0.1) is 10.1 Å². The smallest absolute Gasteiger partial charge is 0.407 e. The summed E-state index contributed by atoms with van der Waals surface area (Å²) in [7, 11) is 0. The summed E-state index contributed by atoms with van der Waals surface area (Å²) < 4.78 is 11.6. The molecule has 3 aliphatic rings. The van der Waals surface area contributed by atoms with E-state index in [2.05, 4.69) is 10.3 Å². The second-order valence-corrected chi connectivity index (χ2v) is 12.2. The van der Waals surface area contributed by atoms with E-state index in [4.69, 9.17) is 15.2 Å². The van der Waals surface area contributed by atoms with E-state index in [0.29, 0.717) is 61.6 Å². The molecule has 13 nitrogen and oxygen atoms in total. The van der Waals surface area contributed by atoms with Crippen molar-refractivity contribution in [2.75, 3.05) is 36.8 Å². The number of fused-ring (bicyclic) bond motifs is 1. The number of ether oxygens (including phenoxy) is 2. The largest absolute Gasteiger partial charge is 0.486 e. The van der Waals surface area contributed by atoms with Crippen molar-refractivity contribution in [3.05, 3.63) is 51.7 Å². The molecule has 0 bridgehead atoms. The Bertz CT molecular complexity index is 1410. The molecular formula is C29H36N6O7. The van der Waals surface area contributed by atoms with Crippen LogP contribution >= 0.6 is 0 Å². The van der Waals surface area contributed by atoms with Gasteiger partial charge in [0.1, 0.15) is 34.5 Å². The van der Waals surface area contributed by atoms with Gasteiger partial charge in [-0.3, -0.25) is 19.7 Å². The molecule has 13 heteroatoms. The van der Waals surface area contributed by atoms with E-state index in [0.717, 1.165) is 6.20 Å². The van der Waals surface area contributed by atoms with Gasteiger partial charge in [0.05, 0.1) is 16.9 Å². The topological polar surface area (TPSA) is 170 Å². The fraction of sp³-hybridized carbons (Fsp3) is 0.517. The Morgan fingerprint density at radius 1 is 1.17 bits per heavy atom. The lowest BCUT2D eigenvalue weighted by molar-refractivity contribution is -0.385. The molecule has 42 heavy (non-hydrogen) atoms. The molecule has 0 radical (unpaired) electrons. The lowest BCUT2D eigenvalue weighted by atomic mass is 9.82. The van der Waals surface area contributed by atoms with Crippen LogP contribution in [-0.4, -0.2) is 76.0 Å². The highest BCUT2D eigenvalue weighted by Crippen LogP contribution is 2.40. The van der Waals surface area contributed by atoms with Crippen molar-refractivity contribution >= 4 is 35.0 Å². The Morgan fingerprint density at radius 3 is 2.50 bits per heavy atom. The number of likely N-dealkylation sites (tertiary alicyclic amines) is 1. The third-order valence-electron chi connectivity index (χ3n) is 7.91. The van der Waals surface area contributed by atoms with Crippen LogP contribution in [0.1, 0.15) is 73.6 Å². The SMILES string of the molecule is CC(C)(C)OC(=O)NC1CCN(c2cc(C(=O)N3CCC4(CC3)CC(=O)c3cc(N)ccc3O4)c([N+](=O)[O-])cn2)CC1. The third kappa shape index (κ3) is 6.24. The number of nitrogens with two attached hydrogens (primary N) is 1. The number of ketones is 1. The van der Waals surface area contributed by atoms with Crippen molar-refractivity contribution in [2.24, 2.45) is 0 Å². The number of carbonyl (C=O) groups is 3. The minimum absolute atomic E-state index is 0.0311. The van der Waals surface area contributed by atoms with Crippen LogP contribution in [0.4, 0.5) is 22.0 Å². The molecule has 3 N–H and O–H groups in total. The van der Waals surface area contributed by atoms with Crippen LogP contribution in [0.25, 0.3) is 0 Å². The number of Topliss-reactive ketones (excluding diaryl/α,β-unsaturated/α-hetero) is 1. The van der Waals surface area contributed by atoms with E-state index >= 15 is 0 Å². The maximum atomic E-state index is 13.6. The Hall–Kier alpha value is -4.42. The lowest BCUT2D eigenvalue weighted by Crippen LogP contribution is -2.52. The normalized spacial score (nSPS) is 18.7. The highest BCUT2D eigenvalue weighted by Gasteiger charge is 2.44. The molecule has 1 spiro atoms. The first kappa shape index (κ1) is 29.1. The lowest BCUT2D eigenvalue weighted by Gasteiger charge is -2.44. The third-order valence-corrected chi connectivity index (χ3v) is 7.91. The van der Waals surface area contributed by atoms with E-state index in [9.17, 15) is 24.5 Å². The van der Waals surface area contributed by atoms with Crippen molar-refractivity contribution in [1.82, 2.24) is 15.2 Å². The second kappa shape index (κ2) is 11.1. The number of anilines is 2. The van der Waals surface area contributed by atoms with Crippen molar-refractivity contribution in [1.29, 1.82) is 0 Å². The average molecular weight is 581 g/mol. The molecule has 0 saturated carbocycles. The highest BCUT2D eigenvalue weighted by atomic mass is 16.6. The van der Waals surface area contributed by atoms with E-state index in [1.807, 2.05) is 4.90 Å². The molecule has 2 aromatic rings. The Labute approximate surface area is 243 Å². The molecular weight excluding hydrogens is 544 g/mol. The number of nitro groups is 1. The first-order chi connectivity index (χ1) is 19.8. The maximum absolute atomic E-state index is 13.6. The zero-order valence-electron chi connectivity index (χ0n) is 24.1. The minimum atomic E-state index is -0.732. The molecule has 5 rings (SSSR count). The van der Waals surface area contributed by atoms with E-state index < -0.39 is 28.1 Å². The summed E-state index contributed by atoms with van der Waals surface area (Å²) in [5.41, 5.74) is 5.06. The van der Waals surface area contributed by atoms with Gasteiger partial charge in [0.15, 0.2) is 5.78 Å². The number of rotatable bonds is 4. The van der Waals surface area contributed by atoms with E-state index in [1.165, 1.54) is 6.07 Å². The quantitative estimate of drug-likeness (QED) is 0.309. The Kier molecular flexibility index (Phi) is 7.69. The standard InChI is InChI=1S/C29H36N6O7/c1-28(2,3)42-27(38)32-19-6-10-33(11-7-19)25-15-20(22(17-31-25)35(39)40)26(37)34-12-8-29(9-13-34)16-23(36)21-14-18(30)4-5-24(21)41-29/h4-5,14-15,17,19H,6-13,16,30H2,1-3H3,(H,32,38). The van der Waals surface area contributed by atoms with Crippen molar-refractivity contribution in [3.63, 3.8) is 0 Å². The summed E-state index contributed by atoms with van der Waals surface area (Å²) in [6, 6.07) is 6.40. The first-order valence-corrected chi connectivity index (χ1v) is 14.1. The summed E-state index contributed by atoms with van der Waals surface area (Å²) in [5, 5.41) is 14.7. The first-order valence-electron chi connectivity index (χ1n) is 14.1. The summed E-state index contributed by atoms with van der Waals surface area (Å²) in [6.45, 7) is 7.07. The number of hydrogen-bond donors (Lipinski definition) is 2. The highest BCUT2D eigenvalue weighted by molar-refractivity contribution is 6.01. The van der Waals surface area contributed by atoms with Gasteiger partial charge in [0.25, 0.3) is 11.6 Å². The van der Waals surface area contributed by atoms with Gasteiger partial charge >= 0.3 is 6.09 Å². The van der Waals surface area contributed by atoms with Crippen LogP contribution in [-0.2, 0) is 4.74 Å². The van der Waals surface area contributed by atoms with Gasteiger partial charge in [-0.2, -0.15) is 0 Å². The summed E-state index contributed by atoms with van der Waals surface area (Å²) in [4.78, 5) is 57.6. The number of nitrogens with zero attached hydrogens (tertiary/aromatic N) is 4. The van der Waals surface area contributed by atoms with Crippen molar-refractivity contribution in [3.8, 4) is 5.75 Å². The number of hydrogen-bond acceptors (Lipinski definition) is 10. The van der Waals surface area contributed by atoms with Gasteiger partial charge in [0.2, 0.25) is 0 Å². The number of carbonyl (C=O) groups excluding carboxylic acids is 3. The number of nitrogens with one attached hydrogen (secondary N) is 1. The number of aromatic nitrogens is 1. The van der Waals surface area contributed by atoms with Crippen LogP contribution in [0.15, 0.2) is 30.5 Å². The van der Waals surface area contributed by atoms with Crippen molar-refractivity contribution in [2.45, 2.75) is 70.1 Å². The predicted octanol–water partition coefficient (Wildman–Crippen LogP) is 3.71. The molecule has 0 aliphatic carbocycles. The minimum Gasteiger partial charge on any atom is -0.486 e. The number of amides is 2. The van der Waals surface area contributed by atoms with Crippen LogP contribution in [0.5, 0.6) is 5.75 Å².